The average molecular weight is 415 g/mol. The fourth-order valence-corrected chi connectivity index (χ4v) is 5.54. The molecular weight excluding hydrogens is 392 g/mol. The van der Waals surface area contributed by atoms with E-state index in [9.17, 15) is 9.90 Å². The van der Waals surface area contributed by atoms with Gasteiger partial charge in [0.15, 0.2) is 0 Å². The van der Waals surface area contributed by atoms with E-state index in [2.05, 4.69) is 15.9 Å². The predicted octanol–water partition coefficient (Wildman–Crippen LogP) is 4.46. The van der Waals surface area contributed by atoms with Crippen LogP contribution >= 0.6 is 15.9 Å². The maximum Gasteiger partial charge on any atom is 0.123 e. The zero-order valence-electron chi connectivity index (χ0n) is 14.4. The van der Waals surface area contributed by atoms with Gasteiger partial charge in [-0.1, -0.05) is 76.6 Å². The van der Waals surface area contributed by atoms with Crippen LogP contribution in [0.2, 0.25) is 0 Å². The topological polar surface area (TPSA) is 46.5 Å². The number of carbonyl (C=O) groups excluding carboxylic acids is 1. The summed E-state index contributed by atoms with van der Waals surface area (Å²) in [6, 6.07) is 19.5. The van der Waals surface area contributed by atoms with Crippen molar-refractivity contribution in [2.45, 2.75) is 36.0 Å². The normalized spacial score (nSPS) is 32.3. The van der Waals surface area contributed by atoms with Gasteiger partial charge in [0.05, 0.1) is 6.10 Å². The minimum atomic E-state index is -0.757. The van der Waals surface area contributed by atoms with Crippen molar-refractivity contribution in [2.24, 2.45) is 17.8 Å². The van der Waals surface area contributed by atoms with E-state index in [1.807, 2.05) is 60.7 Å². The van der Waals surface area contributed by atoms with Crippen molar-refractivity contribution < 1.29 is 14.6 Å². The molecule has 2 saturated carbocycles. The van der Waals surface area contributed by atoms with E-state index in [1.54, 1.807) is 0 Å². The van der Waals surface area contributed by atoms with Crippen molar-refractivity contribution in [3.05, 3.63) is 71.8 Å². The van der Waals surface area contributed by atoms with Gasteiger partial charge in [-0.05, 0) is 35.8 Å². The number of rotatable bonds is 6. The van der Waals surface area contributed by atoms with Gasteiger partial charge in [-0.15, -0.1) is 0 Å². The molecule has 0 aromatic heterocycles. The molecule has 0 amide bonds. The summed E-state index contributed by atoms with van der Waals surface area (Å²) in [5.41, 5.74) is 1.79. The average Bonchev–Trinajstić information content (AvgIpc) is 3.25. The molecule has 5 unspecified atom stereocenters. The first kappa shape index (κ1) is 17.9. The second kappa shape index (κ2) is 7.63. The lowest BCUT2D eigenvalue weighted by molar-refractivity contribution is -0.122. The van der Waals surface area contributed by atoms with E-state index in [0.29, 0.717) is 5.92 Å². The Labute approximate surface area is 162 Å². The molecule has 0 aliphatic heterocycles. The number of fused-ring (bicyclic) bond motifs is 2. The third kappa shape index (κ3) is 3.26. The van der Waals surface area contributed by atoms with Crippen LogP contribution in [-0.4, -0.2) is 22.3 Å². The monoisotopic (exact) mass is 414 g/mol. The highest BCUT2D eigenvalue weighted by atomic mass is 79.9. The quantitative estimate of drug-likeness (QED) is 0.560. The third-order valence-corrected chi connectivity index (χ3v) is 7.19. The molecule has 0 spiro atoms. The van der Waals surface area contributed by atoms with Crippen LogP contribution < -0.4 is 0 Å². The first-order valence-electron chi connectivity index (χ1n) is 9.22. The molecule has 4 heteroatoms. The first-order valence-corrected chi connectivity index (χ1v) is 10.1. The Hall–Kier alpha value is -1.49. The van der Waals surface area contributed by atoms with Crippen molar-refractivity contribution >= 4 is 22.2 Å². The van der Waals surface area contributed by atoms with Crippen LogP contribution in [0.3, 0.4) is 0 Å². The van der Waals surface area contributed by atoms with Crippen molar-refractivity contribution in [2.75, 3.05) is 0 Å². The number of aliphatic hydroxyl groups excluding tert-OH is 1. The Morgan fingerprint density at radius 3 is 2.19 bits per heavy atom. The summed E-state index contributed by atoms with van der Waals surface area (Å²) in [6.45, 7) is 0. The molecule has 2 bridgehead atoms. The number of alkyl halides is 1. The number of hydrogen-bond donors (Lipinski definition) is 1. The molecule has 2 aromatic carbocycles. The summed E-state index contributed by atoms with van der Waals surface area (Å²) < 4.78 is 6.54. The minimum Gasteiger partial charge on any atom is -0.385 e. The standard InChI is InChI=1S/C22H23BrO3/c23-19-16-11-17(13-24)18(12-16)22(19)26-21(15-9-5-2-6-10-15)20(25)14-7-3-1-4-8-14/h1-10,13,16-22,25H,11-12H2/t16?,17?,18?,19?,20-,21-,22?/m0/s1. The van der Waals surface area contributed by atoms with Gasteiger partial charge in [0.25, 0.3) is 0 Å². The van der Waals surface area contributed by atoms with Crippen LogP contribution in [0.25, 0.3) is 0 Å². The van der Waals surface area contributed by atoms with Gasteiger partial charge in [-0.25, -0.2) is 0 Å². The number of aliphatic hydroxyl groups is 1. The van der Waals surface area contributed by atoms with Crippen molar-refractivity contribution in [1.29, 1.82) is 0 Å². The SMILES string of the molecule is O=CC1CC2CC1C(O[C@@H](c1ccccc1)[C@@H](O)c1ccccc1)C2Br. The molecule has 2 fully saturated rings. The highest BCUT2D eigenvalue weighted by Gasteiger charge is 2.53. The summed E-state index contributed by atoms with van der Waals surface area (Å²) in [4.78, 5) is 11.7. The molecule has 4 rings (SSSR count). The van der Waals surface area contributed by atoms with Crippen LogP contribution in [0.5, 0.6) is 0 Å². The molecule has 26 heavy (non-hydrogen) atoms. The van der Waals surface area contributed by atoms with Crippen LogP contribution in [0.15, 0.2) is 60.7 Å². The number of aldehydes is 1. The number of halogens is 1. The molecule has 1 N–H and O–H groups in total. The Morgan fingerprint density at radius 1 is 1.00 bits per heavy atom. The van der Waals surface area contributed by atoms with Gasteiger partial charge in [0.2, 0.25) is 0 Å². The van der Waals surface area contributed by atoms with Gasteiger partial charge >= 0.3 is 0 Å². The largest absolute Gasteiger partial charge is 0.385 e. The van der Waals surface area contributed by atoms with Crippen LogP contribution in [0, 0.1) is 17.8 Å². The predicted molar refractivity (Wildman–Crippen MR) is 104 cm³/mol. The van der Waals surface area contributed by atoms with Gasteiger partial charge in [-0.3, -0.25) is 0 Å². The molecule has 3 nitrogen and oxygen atoms in total. The second-order valence-electron chi connectivity index (χ2n) is 7.43. The highest BCUT2D eigenvalue weighted by Crippen LogP contribution is 2.53. The lowest BCUT2D eigenvalue weighted by Gasteiger charge is -2.35. The molecule has 0 saturated heterocycles. The van der Waals surface area contributed by atoms with E-state index in [1.165, 1.54) is 0 Å². The summed E-state index contributed by atoms with van der Waals surface area (Å²) in [5, 5.41) is 11.1. The zero-order chi connectivity index (χ0) is 18.1. The maximum absolute atomic E-state index is 11.4. The number of benzene rings is 2. The first-order chi connectivity index (χ1) is 12.7. The Morgan fingerprint density at radius 2 is 1.62 bits per heavy atom. The molecule has 2 aromatic rings. The molecule has 2 aliphatic carbocycles. The molecule has 2 aliphatic rings. The van der Waals surface area contributed by atoms with E-state index in [0.717, 1.165) is 30.3 Å². The summed E-state index contributed by atoms with van der Waals surface area (Å²) >= 11 is 3.80. The third-order valence-electron chi connectivity index (χ3n) is 5.92. The minimum absolute atomic E-state index is 0.0625. The Kier molecular flexibility index (Phi) is 5.25. The van der Waals surface area contributed by atoms with E-state index < -0.39 is 12.2 Å². The van der Waals surface area contributed by atoms with Crippen molar-refractivity contribution in [1.82, 2.24) is 0 Å². The number of carbonyl (C=O) groups is 1. The fourth-order valence-electron chi connectivity index (χ4n) is 4.59. The molecular formula is C22H23BrO3. The Bertz CT molecular complexity index is 736. The summed E-state index contributed by atoms with van der Waals surface area (Å²) in [6.07, 6.45) is 1.77. The van der Waals surface area contributed by atoms with Crippen LogP contribution in [-0.2, 0) is 9.53 Å². The molecule has 136 valence electrons. The van der Waals surface area contributed by atoms with Crippen molar-refractivity contribution in [3.8, 4) is 0 Å². The summed E-state index contributed by atoms with van der Waals surface area (Å²) in [5.74, 6) is 0.783. The fraction of sp³-hybridized carbons (Fsp3) is 0.409. The van der Waals surface area contributed by atoms with Crippen molar-refractivity contribution in [3.63, 3.8) is 0 Å². The van der Waals surface area contributed by atoms with Gasteiger partial charge in [0, 0.05) is 10.7 Å². The van der Waals surface area contributed by atoms with Gasteiger partial charge in [0.1, 0.15) is 18.5 Å². The second-order valence-corrected chi connectivity index (χ2v) is 8.48. The van der Waals surface area contributed by atoms with E-state index in [4.69, 9.17) is 4.74 Å². The van der Waals surface area contributed by atoms with Crippen LogP contribution in [0.4, 0.5) is 0 Å². The lowest BCUT2D eigenvalue weighted by Crippen LogP contribution is -2.38. The van der Waals surface area contributed by atoms with E-state index >= 15 is 0 Å². The van der Waals surface area contributed by atoms with Gasteiger partial charge < -0.3 is 14.6 Å². The molecule has 0 heterocycles. The maximum atomic E-state index is 11.4. The number of hydrogen-bond acceptors (Lipinski definition) is 3. The van der Waals surface area contributed by atoms with Gasteiger partial charge in [-0.2, -0.15) is 0 Å². The zero-order valence-corrected chi connectivity index (χ0v) is 16.0. The van der Waals surface area contributed by atoms with E-state index in [-0.39, 0.29) is 22.8 Å². The highest BCUT2D eigenvalue weighted by molar-refractivity contribution is 9.09. The summed E-state index contributed by atoms with van der Waals surface area (Å²) in [7, 11) is 0. The molecule has 0 radical (unpaired) electrons. The lowest BCUT2D eigenvalue weighted by atomic mass is 9.87. The number of ether oxygens (including phenoxy) is 1. The van der Waals surface area contributed by atoms with Crippen LogP contribution in [0.1, 0.15) is 36.2 Å². The Balaban J connectivity index is 1.63. The smallest absolute Gasteiger partial charge is 0.123 e. The molecule has 7 atom stereocenters.